The van der Waals surface area contributed by atoms with Gasteiger partial charge >= 0.3 is 0 Å². The molecular weight excluding hydrogens is 450 g/mol. The topological polar surface area (TPSA) is 120 Å². The summed E-state index contributed by atoms with van der Waals surface area (Å²) in [6, 6.07) is 16.8. The Hall–Kier alpha value is -4.37. The molecule has 33 heavy (non-hydrogen) atoms. The van der Waals surface area contributed by atoms with Gasteiger partial charge in [-0.25, -0.2) is 0 Å². The van der Waals surface area contributed by atoms with Gasteiger partial charge in [-0.05, 0) is 48.0 Å². The third kappa shape index (κ3) is 5.10. The van der Waals surface area contributed by atoms with Crippen molar-refractivity contribution in [2.24, 2.45) is 0 Å². The molecule has 3 aromatic carbocycles. The molecule has 10 heteroatoms. The highest BCUT2D eigenvalue weighted by atomic mass is 35.5. The summed E-state index contributed by atoms with van der Waals surface area (Å²) in [6.45, 7) is 0.0965. The van der Waals surface area contributed by atoms with Crippen molar-refractivity contribution in [3.8, 4) is 11.5 Å². The summed E-state index contributed by atoms with van der Waals surface area (Å²) in [5.41, 5.74) is 0.897. The van der Waals surface area contributed by atoms with Crippen molar-refractivity contribution in [1.82, 2.24) is 5.32 Å². The zero-order valence-electron chi connectivity index (χ0n) is 16.9. The van der Waals surface area contributed by atoms with E-state index in [-0.39, 0.29) is 28.8 Å². The largest absolute Gasteiger partial charge is 0.454 e. The summed E-state index contributed by atoms with van der Waals surface area (Å²) in [5, 5.41) is 16.3. The van der Waals surface area contributed by atoms with Crippen LogP contribution in [0.5, 0.6) is 11.5 Å². The fraction of sp³-hybridized carbons (Fsp3) is 0.0435. The highest BCUT2D eigenvalue weighted by molar-refractivity contribution is 6.34. The number of non-ortho nitro benzene ring substituents is 1. The van der Waals surface area contributed by atoms with Crippen LogP contribution >= 0.6 is 11.6 Å². The first-order valence-electron chi connectivity index (χ1n) is 9.64. The molecule has 4 rings (SSSR count). The first-order valence-corrected chi connectivity index (χ1v) is 10.0. The Morgan fingerprint density at radius 2 is 1.73 bits per heavy atom. The number of carbonyl (C=O) groups is 2. The van der Waals surface area contributed by atoms with Gasteiger partial charge in [0, 0.05) is 17.8 Å². The fourth-order valence-corrected chi connectivity index (χ4v) is 3.25. The van der Waals surface area contributed by atoms with E-state index in [1.807, 2.05) is 0 Å². The van der Waals surface area contributed by atoms with Gasteiger partial charge in [0.05, 0.1) is 15.5 Å². The number of fused-ring (bicyclic) bond motifs is 1. The van der Waals surface area contributed by atoms with Crippen molar-refractivity contribution in [3.05, 3.63) is 98.7 Å². The number of nitro groups is 1. The molecule has 2 amide bonds. The minimum absolute atomic E-state index is 0.0721. The number of nitro benzene ring substituents is 1. The van der Waals surface area contributed by atoms with Crippen molar-refractivity contribution >= 4 is 40.9 Å². The van der Waals surface area contributed by atoms with Crippen molar-refractivity contribution in [2.45, 2.75) is 0 Å². The highest BCUT2D eigenvalue weighted by Gasteiger charge is 2.18. The number of hydrogen-bond acceptors (Lipinski definition) is 6. The van der Waals surface area contributed by atoms with E-state index < -0.39 is 16.7 Å². The first kappa shape index (κ1) is 21.8. The van der Waals surface area contributed by atoms with Crippen LogP contribution in [-0.2, 0) is 4.79 Å². The lowest BCUT2D eigenvalue weighted by Crippen LogP contribution is -2.30. The lowest BCUT2D eigenvalue weighted by Gasteiger charge is -2.12. The molecule has 0 saturated carbocycles. The molecule has 0 radical (unpaired) electrons. The molecule has 9 nitrogen and oxygen atoms in total. The molecular formula is C23H16ClN3O6. The molecule has 1 aliphatic rings. The van der Waals surface area contributed by atoms with Gasteiger partial charge in [0.25, 0.3) is 17.5 Å². The molecule has 3 aromatic rings. The number of nitrogens with one attached hydrogen (secondary N) is 2. The van der Waals surface area contributed by atoms with Crippen LogP contribution in [0.1, 0.15) is 15.9 Å². The molecule has 0 fully saturated rings. The predicted octanol–water partition coefficient (Wildman–Crippen LogP) is 4.39. The molecule has 0 unspecified atom stereocenters. The number of hydrogen-bond donors (Lipinski definition) is 2. The maximum atomic E-state index is 13.0. The number of anilines is 1. The standard InChI is InChI=1S/C23H16ClN3O6/c24-18-4-2-1-3-17(18)22(28)26-19(11-14-5-10-20-21(12-14)33-13-32-20)23(29)25-15-6-8-16(9-7-15)27(30)31/h1-12H,13H2,(H,25,29)(H,26,28). The number of rotatable bonds is 6. The van der Waals surface area contributed by atoms with E-state index in [1.54, 1.807) is 36.4 Å². The van der Waals surface area contributed by atoms with Crippen LogP contribution < -0.4 is 20.1 Å². The second kappa shape index (κ2) is 9.41. The van der Waals surface area contributed by atoms with Crippen LogP contribution in [0.3, 0.4) is 0 Å². The summed E-state index contributed by atoms with van der Waals surface area (Å²) in [7, 11) is 0. The van der Waals surface area contributed by atoms with Gasteiger partial charge in [0.1, 0.15) is 5.70 Å². The van der Waals surface area contributed by atoms with E-state index in [9.17, 15) is 19.7 Å². The summed E-state index contributed by atoms with van der Waals surface area (Å²) in [4.78, 5) is 36.1. The number of halogens is 1. The maximum Gasteiger partial charge on any atom is 0.272 e. The van der Waals surface area contributed by atoms with Gasteiger partial charge in [-0.2, -0.15) is 0 Å². The molecule has 0 spiro atoms. The molecule has 166 valence electrons. The second-order valence-electron chi connectivity index (χ2n) is 6.86. The second-order valence-corrected chi connectivity index (χ2v) is 7.27. The Labute approximate surface area is 192 Å². The number of carbonyl (C=O) groups excluding carboxylic acids is 2. The van der Waals surface area contributed by atoms with E-state index >= 15 is 0 Å². The van der Waals surface area contributed by atoms with Crippen molar-refractivity contribution < 1.29 is 24.0 Å². The number of nitrogens with zero attached hydrogens (tertiary/aromatic N) is 1. The van der Waals surface area contributed by atoms with E-state index in [4.69, 9.17) is 21.1 Å². The minimum atomic E-state index is -0.637. The van der Waals surface area contributed by atoms with E-state index in [2.05, 4.69) is 10.6 Å². The molecule has 0 aromatic heterocycles. The Balaban J connectivity index is 1.62. The zero-order chi connectivity index (χ0) is 23.4. The summed E-state index contributed by atoms with van der Waals surface area (Å²) in [5.74, 6) is -0.131. The van der Waals surface area contributed by atoms with Crippen LogP contribution in [0.15, 0.2) is 72.4 Å². The van der Waals surface area contributed by atoms with E-state index in [1.165, 1.54) is 36.4 Å². The average molecular weight is 466 g/mol. The fourth-order valence-electron chi connectivity index (χ4n) is 3.03. The van der Waals surface area contributed by atoms with Crippen molar-refractivity contribution in [2.75, 3.05) is 12.1 Å². The predicted molar refractivity (Wildman–Crippen MR) is 121 cm³/mol. The lowest BCUT2D eigenvalue weighted by atomic mass is 10.1. The Morgan fingerprint density at radius 3 is 2.45 bits per heavy atom. The zero-order valence-corrected chi connectivity index (χ0v) is 17.7. The average Bonchev–Trinajstić information content (AvgIpc) is 3.27. The van der Waals surface area contributed by atoms with E-state index in [0.717, 1.165) is 0 Å². The molecule has 0 atom stereocenters. The first-order chi connectivity index (χ1) is 15.9. The van der Waals surface area contributed by atoms with Crippen LogP contribution in [0.2, 0.25) is 5.02 Å². The molecule has 0 bridgehead atoms. The Morgan fingerprint density at radius 1 is 1.00 bits per heavy atom. The highest BCUT2D eigenvalue weighted by Crippen LogP contribution is 2.33. The van der Waals surface area contributed by atoms with Crippen LogP contribution in [0.4, 0.5) is 11.4 Å². The lowest BCUT2D eigenvalue weighted by molar-refractivity contribution is -0.384. The number of benzene rings is 3. The Bertz CT molecular complexity index is 1270. The number of ether oxygens (including phenoxy) is 2. The maximum absolute atomic E-state index is 13.0. The van der Waals surface area contributed by atoms with Gasteiger partial charge in [-0.15, -0.1) is 0 Å². The number of amides is 2. The van der Waals surface area contributed by atoms with Crippen molar-refractivity contribution in [3.63, 3.8) is 0 Å². The normalized spacial score (nSPS) is 12.2. The van der Waals surface area contributed by atoms with Gasteiger partial charge in [0.2, 0.25) is 6.79 Å². The summed E-state index contributed by atoms with van der Waals surface area (Å²) < 4.78 is 10.7. The van der Waals surface area contributed by atoms with Crippen LogP contribution in [0, 0.1) is 10.1 Å². The van der Waals surface area contributed by atoms with Gasteiger partial charge < -0.3 is 20.1 Å². The summed E-state index contributed by atoms with van der Waals surface area (Å²) in [6.07, 6.45) is 1.47. The quantitative estimate of drug-likeness (QED) is 0.316. The van der Waals surface area contributed by atoms with Gasteiger partial charge in [0.15, 0.2) is 11.5 Å². The monoisotopic (exact) mass is 465 g/mol. The van der Waals surface area contributed by atoms with Crippen molar-refractivity contribution in [1.29, 1.82) is 0 Å². The van der Waals surface area contributed by atoms with E-state index in [0.29, 0.717) is 22.7 Å². The molecule has 1 aliphatic heterocycles. The van der Waals surface area contributed by atoms with Gasteiger partial charge in [-0.3, -0.25) is 19.7 Å². The molecule has 0 aliphatic carbocycles. The summed E-state index contributed by atoms with van der Waals surface area (Å²) >= 11 is 6.11. The molecule has 1 heterocycles. The third-order valence-electron chi connectivity index (χ3n) is 4.65. The Kier molecular flexibility index (Phi) is 6.23. The van der Waals surface area contributed by atoms with Crippen LogP contribution in [0.25, 0.3) is 6.08 Å². The minimum Gasteiger partial charge on any atom is -0.454 e. The molecule has 0 saturated heterocycles. The van der Waals surface area contributed by atoms with Crippen LogP contribution in [-0.4, -0.2) is 23.5 Å². The SMILES string of the molecule is O=C(Nc1ccc([N+](=O)[O-])cc1)C(=Cc1ccc2c(c1)OCO2)NC(=O)c1ccccc1Cl. The van der Waals surface area contributed by atoms with Gasteiger partial charge in [-0.1, -0.05) is 29.8 Å². The third-order valence-corrected chi connectivity index (χ3v) is 4.98. The molecule has 2 N–H and O–H groups in total. The smallest absolute Gasteiger partial charge is 0.272 e.